The predicted molar refractivity (Wildman–Crippen MR) is 88.9 cm³/mol. The molecule has 0 radical (unpaired) electrons. The molecule has 0 aliphatic rings. The first-order valence-corrected chi connectivity index (χ1v) is 8.00. The van der Waals surface area contributed by atoms with Crippen molar-refractivity contribution in [2.75, 3.05) is 13.1 Å². The van der Waals surface area contributed by atoms with Crippen molar-refractivity contribution in [2.45, 2.75) is 66.0 Å². The minimum Gasteiger partial charge on any atom is -0.444 e. The maximum absolute atomic E-state index is 11.8. The third-order valence-corrected chi connectivity index (χ3v) is 2.75. The summed E-state index contributed by atoms with van der Waals surface area (Å²) >= 11 is 0. The molecule has 0 saturated carbocycles. The summed E-state index contributed by atoms with van der Waals surface area (Å²) in [5.41, 5.74) is -0.561. The number of hydrogen-bond acceptors (Lipinski definition) is 4. The zero-order chi connectivity index (χ0) is 18.0. The molecular weight excluding hydrogens is 298 g/mol. The number of carbonyl (C=O) groups excluding carboxylic acids is 3. The quantitative estimate of drug-likeness (QED) is 0.630. The summed E-state index contributed by atoms with van der Waals surface area (Å²) in [6, 6.07) is -0.199. The Bertz CT molecular complexity index is 403. The molecule has 0 bridgehead atoms. The summed E-state index contributed by atoms with van der Waals surface area (Å²) in [7, 11) is 0. The monoisotopic (exact) mass is 329 g/mol. The number of rotatable bonds is 8. The second-order valence-corrected chi connectivity index (χ2v) is 7.01. The van der Waals surface area contributed by atoms with Crippen LogP contribution < -0.4 is 16.0 Å². The van der Waals surface area contributed by atoms with E-state index in [0.717, 1.165) is 6.42 Å². The lowest BCUT2D eigenvalue weighted by Crippen LogP contribution is -2.46. The van der Waals surface area contributed by atoms with E-state index in [9.17, 15) is 14.4 Å². The van der Waals surface area contributed by atoms with Crippen LogP contribution in [0.25, 0.3) is 0 Å². The Balaban J connectivity index is 4.31. The van der Waals surface area contributed by atoms with E-state index >= 15 is 0 Å². The first kappa shape index (κ1) is 21.2. The highest BCUT2D eigenvalue weighted by Gasteiger charge is 2.20. The van der Waals surface area contributed by atoms with E-state index in [1.165, 1.54) is 6.92 Å². The van der Waals surface area contributed by atoms with Crippen molar-refractivity contribution in [3.05, 3.63) is 0 Å². The summed E-state index contributed by atoms with van der Waals surface area (Å²) in [6.45, 7) is 11.5. The van der Waals surface area contributed by atoms with Gasteiger partial charge in [0.15, 0.2) is 0 Å². The fraction of sp³-hybridized carbons (Fsp3) is 0.812. The van der Waals surface area contributed by atoms with E-state index in [1.54, 1.807) is 20.8 Å². The molecule has 0 aliphatic carbocycles. The van der Waals surface area contributed by atoms with Gasteiger partial charge in [0.05, 0.1) is 0 Å². The van der Waals surface area contributed by atoms with Gasteiger partial charge in [-0.3, -0.25) is 9.59 Å². The molecule has 0 rings (SSSR count). The summed E-state index contributed by atoms with van der Waals surface area (Å²) < 4.78 is 5.24. The Kier molecular flexibility index (Phi) is 9.29. The van der Waals surface area contributed by atoms with Gasteiger partial charge in [-0.05, 0) is 33.1 Å². The zero-order valence-corrected chi connectivity index (χ0v) is 15.1. The number of alkyl carbamates (subject to hydrolysis) is 1. The Hall–Kier alpha value is -1.79. The summed E-state index contributed by atoms with van der Waals surface area (Å²) in [5, 5.41) is 8.12. The molecule has 0 aromatic heterocycles. The number of carbonyl (C=O) groups is 3. The molecule has 3 N–H and O–H groups in total. The molecule has 0 aliphatic heterocycles. The average molecular weight is 329 g/mol. The minimum absolute atomic E-state index is 0.165. The molecule has 7 heteroatoms. The van der Waals surface area contributed by atoms with Crippen molar-refractivity contribution in [3.63, 3.8) is 0 Å². The number of nitrogens with one attached hydrogen (secondary N) is 3. The van der Waals surface area contributed by atoms with Crippen LogP contribution in [0.5, 0.6) is 0 Å². The van der Waals surface area contributed by atoms with E-state index < -0.39 is 11.7 Å². The van der Waals surface area contributed by atoms with Crippen LogP contribution in [-0.4, -0.2) is 42.6 Å². The van der Waals surface area contributed by atoms with Crippen LogP contribution in [0.2, 0.25) is 0 Å². The normalized spacial score (nSPS) is 12.5. The second-order valence-electron chi connectivity index (χ2n) is 7.01. The van der Waals surface area contributed by atoms with Crippen molar-refractivity contribution >= 4 is 17.9 Å². The molecule has 23 heavy (non-hydrogen) atoms. The average Bonchev–Trinajstić information content (AvgIpc) is 2.32. The fourth-order valence-corrected chi connectivity index (χ4v) is 1.91. The topological polar surface area (TPSA) is 96.5 Å². The van der Waals surface area contributed by atoms with Crippen molar-refractivity contribution in [2.24, 2.45) is 5.92 Å². The molecule has 3 amide bonds. The maximum atomic E-state index is 11.8. The van der Waals surface area contributed by atoms with Gasteiger partial charge < -0.3 is 20.7 Å². The molecule has 0 saturated heterocycles. The van der Waals surface area contributed by atoms with Crippen LogP contribution in [0.1, 0.15) is 54.4 Å². The van der Waals surface area contributed by atoms with Crippen LogP contribution >= 0.6 is 0 Å². The largest absolute Gasteiger partial charge is 0.444 e. The lowest BCUT2D eigenvalue weighted by molar-refractivity contribution is -0.121. The Morgan fingerprint density at radius 3 is 2.17 bits per heavy atom. The zero-order valence-electron chi connectivity index (χ0n) is 15.1. The van der Waals surface area contributed by atoms with E-state index in [-0.39, 0.29) is 24.3 Å². The number of ether oxygens (including phenoxy) is 1. The van der Waals surface area contributed by atoms with Gasteiger partial charge in [-0.1, -0.05) is 13.8 Å². The number of amides is 3. The molecule has 0 aromatic carbocycles. The molecule has 1 unspecified atom stereocenters. The van der Waals surface area contributed by atoms with E-state index in [1.807, 2.05) is 13.8 Å². The van der Waals surface area contributed by atoms with Crippen LogP contribution in [0.15, 0.2) is 0 Å². The van der Waals surface area contributed by atoms with Crippen molar-refractivity contribution < 1.29 is 19.1 Å². The fourth-order valence-electron chi connectivity index (χ4n) is 1.91. The Morgan fingerprint density at radius 1 is 1.09 bits per heavy atom. The molecule has 0 spiro atoms. The van der Waals surface area contributed by atoms with Crippen molar-refractivity contribution in [1.82, 2.24) is 16.0 Å². The van der Waals surface area contributed by atoms with Crippen LogP contribution in [-0.2, 0) is 14.3 Å². The molecule has 0 aromatic rings. The second kappa shape index (κ2) is 10.1. The van der Waals surface area contributed by atoms with Gasteiger partial charge in [0.2, 0.25) is 11.8 Å². The third kappa shape index (κ3) is 13.6. The Morgan fingerprint density at radius 2 is 1.70 bits per heavy atom. The van der Waals surface area contributed by atoms with E-state index in [4.69, 9.17) is 4.74 Å². The predicted octanol–water partition coefficient (Wildman–Crippen LogP) is 1.57. The lowest BCUT2D eigenvalue weighted by atomic mass is 10.0. The molecule has 0 heterocycles. The van der Waals surface area contributed by atoms with E-state index in [2.05, 4.69) is 16.0 Å². The molecule has 0 fully saturated rings. The van der Waals surface area contributed by atoms with Gasteiger partial charge >= 0.3 is 6.09 Å². The van der Waals surface area contributed by atoms with Gasteiger partial charge in [-0.25, -0.2) is 4.79 Å². The summed E-state index contributed by atoms with van der Waals surface area (Å²) in [6.07, 6.45) is 0.446. The highest BCUT2D eigenvalue weighted by Crippen LogP contribution is 2.09. The SMILES string of the molecule is CC(=O)NCCC(=O)NCC(CC(C)C)NC(=O)OC(C)(C)C. The third-order valence-electron chi connectivity index (χ3n) is 2.75. The molecule has 7 nitrogen and oxygen atoms in total. The van der Waals surface area contributed by atoms with Gasteiger partial charge in [-0.15, -0.1) is 0 Å². The smallest absolute Gasteiger partial charge is 0.407 e. The van der Waals surface area contributed by atoms with Gasteiger partial charge in [-0.2, -0.15) is 0 Å². The molecule has 134 valence electrons. The van der Waals surface area contributed by atoms with Gasteiger partial charge in [0.1, 0.15) is 5.60 Å². The summed E-state index contributed by atoms with van der Waals surface area (Å²) in [5.74, 6) is 0.0341. The van der Waals surface area contributed by atoms with Crippen LogP contribution in [0.3, 0.4) is 0 Å². The highest BCUT2D eigenvalue weighted by molar-refractivity contribution is 5.78. The molecular formula is C16H31N3O4. The lowest BCUT2D eigenvalue weighted by Gasteiger charge is -2.25. The first-order chi connectivity index (χ1) is 10.5. The highest BCUT2D eigenvalue weighted by atomic mass is 16.6. The standard InChI is InChI=1S/C16H31N3O4/c1-11(2)9-13(19-15(22)23-16(4,5)6)10-18-14(21)7-8-17-12(3)20/h11,13H,7-10H2,1-6H3,(H,17,20)(H,18,21)(H,19,22). The number of hydrogen-bond donors (Lipinski definition) is 3. The van der Waals surface area contributed by atoms with Gasteiger partial charge in [0, 0.05) is 32.5 Å². The maximum Gasteiger partial charge on any atom is 0.407 e. The first-order valence-electron chi connectivity index (χ1n) is 8.00. The summed E-state index contributed by atoms with van der Waals surface area (Å²) in [4.78, 5) is 34.3. The molecule has 1 atom stereocenters. The van der Waals surface area contributed by atoms with E-state index in [0.29, 0.717) is 19.0 Å². The van der Waals surface area contributed by atoms with Crippen LogP contribution in [0.4, 0.5) is 4.79 Å². The van der Waals surface area contributed by atoms with Crippen molar-refractivity contribution in [3.8, 4) is 0 Å². The Labute approximate surface area is 138 Å². The van der Waals surface area contributed by atoms with Crippen molar-refractivity contribution in [1.29, 1.82) is 0 Å². The van der Waals surface area contributed by atoms with Crippen LogP contribution in [0, 0.1) is 5.92 Å². The van der Waals surface area contributed by atoms with Gasteiger partial charge in [0.25, 0.3) is 0 Å². The minimum atomic E-state index is -0.561.